The minimum Gasteiger partial charge on any atom is -0.468 e. The van der Waals surface area contributed by atoms with E-state index in [1.54, 1.807) is 0 Å². The Morgan fingerprint density at radius 2 is 1.65 bits per heavy atom. The highest BCUT2D eigenvalue weighted by Gasteiger charge is 2.72. The lowest BCUT2D eigenvalue weighted by molar-refractivity contribution is -0.163. The van der Waals surface area contributed by atoms with Crippen LogP contribution in [0.2, 0.25) is 0 Å². The number of carbonyl (C=O) groups is 3. The van der Waals surface area contributed by atoms with E-state index in [1.807, 2.05) is 42.5 Å². The standard InChI is InChI=1S/C25H26N2O4/c1-26-22(28)19-20(23(26)29)25(24(30)31-2)14-6-7-15-27(25)21(19)18-12-10-17(11-13-18)16-8-4-3-5-9-16/h3-5,8-13,19-21H,6-7,14-15H2,1-2H3/t19-,20-,21+,25-/m0/s1. The predicted molar refractivity (Wildman–Crippen MR) is 115 cm³/mol. The normalized spacial score (nSPS) is 30.3. The third kappa shape index (κ3) is 2.71. The molecule has 6 nitrogen and oxygen atoms in total. The first-order valence-corrected chi connectivity index (χ1v) is 10.8. The summed E-state index contributed by atoms with van der Waals surface area (Å²) in [5.41, 5.74) is 2.09. The van der Waals surface area contributed by atoms with Crippen LogP contribution in [0.25, 0.3) is 11.1 Å². The Balaban J connectivity index is 1.62. The van der Waals surface area contributed by atoms with E-state index in [4.69, 9.17) is 4.74 Å². The van der Waals surface area contributed by atoms with E-state index in [9.17, 15) is 14.4 Å². The van der Waals surface area contributed by atoms with Crippen molar-refractivity contribution < 1.29 is 19.1 Å². The molecule has 160 valence electrons. The molecule has 3 aliphatic rings. The Bertz CT molecular complexity index is 1040. The van der Waals surface area contributed by atoms with Crippen LogP contribution in [-0.4, -0.2) is 53.8 Å². The molecule has 31 heavy (non-hydrogen) atoms. The van der Waals surface area contributed by atoms with Gasteiger partial charge in [-0.3, -0.25) is 24.2 Å². The fraction of sp³-hybridized carbons (Fsp3) is 0.400. The molecule has 0 radical (unpaired) electrons. The second kappa shape index (κ2) is 7.31. The lowest BCUT2D eigenvalue weighted by Crippen LogP contribution is -2.59. The molecule has 0 N–H and O–H groups in total. The van der Waals surface area contributed by atoms with Crippen LogP contribution in [0.3, 0.4) is 0 Å². The zero-order valence-corrected chi connectivity index (χ0v) is 17.8. The summed E-state index contributed by atoms with van der Waals surface area (Å²) in [6, 6.07) is 17.9. The van der Waals surface area contributed by atoms with Gasteiger partial charge in [-0.25, -0.2) is 0 Å². The average Bonchev–Trinajstić information content (AvgIpc) is 3.25. The molecule has 0 aromatic heterocycles. The number of methoxy groups -OCH3 is 1. The summed E-state index contributed by atoms with van der Waals surface area (Å²) in [5.74, 6) is -2.14. The van der Waals surface area contributed by atoms with Gasteiger partial charge in [0.2, 0.25) is 11.8 Å². The lowest BCUT2D eigenvalue weighted by atomic mass is 9.75. The van der Waals surface area contributed by atoms with E-state index in [2.05, 4.69) is 17.0 Å². The lowest BCUT2D eigenvalue weighted by Gasteiger charge is -2.44. The predicted octanol–water partition coefficient (Wildman–Crippen LogP) is 3.04. The van der Waals surface area contributed by atoms with Crippen LogP contribution >= 0.6 is 0 Å². The molecule has 0 saturated carbocycles. The smallest absolute Gasteiger partial charge is 0.327 e. The maximum absolute atomic E-state index is 13.2. The van der Waals surface area contributed by atoms with E-state index >= 15 is 0 Å². The van der Waals surface area contributed by atoms with E-state index < -0.39 is 23.3 Å². The number of rotatable bonds is 3. The number of hydrogen-bond acceptors (Lipinski definition) is 5. The molecule has 2 aromatic carbocycles. The summed E-state index contributed by atoms with van der Waals surface area (Å²) >= 11 is 0. The summed E-state index contributed by atoms with van der Waals surface area (Å²) in [6.45, 7) is 0.664. The number of benzene rings is 2. The van der Waals surface area contributed by atoms with Crippen LogP contribution in [-0.2, 0) is 19.1 Å². The molecular weight excluding hydrogens is 392 g/mol. The molecule has 3 aliphatic heterocycles. The molecule has 0 aliphatic carbocycles. The van der Waals surface area contributed by atoms with Gasteiger partial charge in [0.25, 0.3) is 0 Å². The summed E-state index contributed by atoms with van der Waals surface area (Å²) in [6.07, 6.45) is 2.29. The highest BCUT2D eigenvalue weighted by molar-refractivity contribution is 6.09. The SMILES string of the molecule is COC(=O)[C@@]12CCCCN1[C@H](c1ccc(-c3ccccc3)cc1)[C@H]1C(=O)N(C)C(=O)[C@H]12. The maximum Gasteiger partial charge on any atom is 0.327 e. The van der Waals surface area contributed by atoms with Crippen LogP contribution < -0.4 is 0 Å². The van der Waals surface area contributed by atoms with Crippen molar-refractivity contribution in [1.29, 1.82) is 0 Å². The molecule has 6 heteroatoms. The molecule has 3 heterocycles. The fourth-order valence-electron chi connectivity index (χ4n) is 6.00. The first-order valence-electron chi connectivity index (χ1n) is 10.8. The molecular formula is C25H26N2O4. The van der Waals surface area contributed by atoms with Gasteiger partial charge in [-0.1, -0.05) is 54.6 Å². The van der Waals surface area contributed by atoms with Crippen molar-refractivity contribution in [3.63, 3.8) is 0 Å². The van der Waals surface area contributed by atoms with Crippen molar-refractivity contribution in [3.8, 4) is 11.1 Å². The van der Waals surface area contributed by atoms with E-state index in [0.29, 0.717) is 13.0 Å². The Labute approximate surface area is 181 Å². The van der Waals surface area contributed by atoms with Gasteiger partial charge >= 0.3 is 5.97 Å². The van der Waals surface area contributed by atoms with Gasteiger partial charge in [-0.05, 0) is 42.5 Å². The number of hydrogen-bond donors (Lipinski definition) is 0. The number of piperidine rings is 1. The summed E-state index contributed by atoms with van der Waals surface area (Å²) < 4.78 is 5.22. The topological polar surface area (TPSA) is 66.9 Å². The Kier molecular flexibility index (Phi) is 4.70. The van der Waals surface area contributed by atoms with Crippen LogP contribution in [0.4, 0.5) is 0 Å². The number of fused-ring (bicyclic) bond motifs is 3. The number of imide groups is 1. The molecule has 0 bridgehead atoms. The third-order valence-corrected chi connectivity index (χ3v) is 7.38. The van der Waals surface area contributed by atoms with Crippen LogP contribution in [0.5, 0.6) is 0 Å². The molecule has 3 saturated heterocycles. The molecule has 0 unspecified atom stereocenters. The van der Waals surface area contributed by atoms with E-state index in [1.165, 1.54) is 19.1 Å². The first-order chi connectivity index (χ1) is 15.0. The fourth-order valence-corrected chi connectivity index (χ4v) is 6.00. The minimum absolute atomic E-state index is 0.204. The Morgan fingerprint density at radius 1 is 0.968 bits per heavy atom. The van der Waals surface area contributed by atoms with Crippen molar-refractivity contribution in [2.75, 3.05) is 20.7 Å². The number of ether oxygens (including phenoxy) is 1. The minimum atomic E-state index is -1.07. The molecule has 0 spiro atoms. The van der Waals surface area contributed by atoms with Gasteiger partial charge in [0.15, 0.2) is 0 Å². The Morgan fingerprint density at radius 3 is 2.32 bits per heavy atom. The highest BCUT2D eigenvalue weighted by Crippen LogP contribution is 2.58. The van der Waals surface area contributed by atoms with Gasteiger partial charge in [0.1, 0.15) is 5.54 Å². The van der Waals surface area contributed by atoms with Gasteiger partial charge in [0, 0.05) is 13.1 Å². The zero-order chi connectivity index (χ0) is 21.8. The van der Waals surface area contributed by atoms with Crippen molar-refractivity contribution in [2.45, 2.75) is 30.8 Å². The van der Waals surface area contributed by atoms with Crippen molar-refractivity contribution in [1.82, 2.24) is 9.80 Å². The number of amides is 2. The van der Waals surface area contributed by atoms with Crippen LogP contribution in [0, 0.1) is 11.8 Å². The highest BCUT2D eigenvalue weighted by atomic mass is 16.5. The van der Waals surface area contributed by atoms with E-state index in [0.717, 1.165) is 29.5 Å². The van der Waals surface area contributed by atoms with Gasteiger partial charge in [-0.15, -0.1) is 0 Å². The van der Waals surface area contributed by atoms with E-state index in [-0.39, 0.29) is 17.9 Å². The van der Waals surface area contributed by atoms with Gasteiger partial charge in [0.05, 0.1) is 18.9 Å². The zero-order valence-electron chi connectivity index (χ0n) is 17.8. The number of likely N-dealkylation sites (tertiary alicyclic amines) is 1. The summed E-state index contributed by atoms with van der Waals surface area (Å²) in [5, 5.41) is 0. The molecule has 5 rings (SSSR count). The maximum atomic E-state index is 13.2. The Hall–Kier alpha value is -2.99. The third-order valence-electron chi connectivity index (χ3n) is 7.38. The molecule has 3 fully saturated rings. The van der Waals surface area contributed by atoms with Gasteiger partial charge < -0.3 is 4.74 Å². The number of esters is 1. The van der Waals surface area contributed by atoms with Crippen molar-refractivity contribution >= 4 is 17.8 Å². The molecule has 4 atom stereocenters. The van der Waals surface area contributed by atoms with Crippen LogP contribution in [0.15, 0.2) is 54.6 Å². The molecule has 2 amide bonds. The number of nitrogens with zero attached hydrogens (tertiary/aromatic N) is 2. The average molecular weight is 418 g/mol. The van der Waals surface area contributed by atoms with Crippen molar-refractivity contribution in [2.24, 2.45) is 11.8 Å². The second-order valence-electron chi connectivity index (χ2n) is 8.74. The summed E-state index contributed by atoms with van der Waals surface area (Å²) in [7, 11) is 2.89. The van der Waals surface area contributed by atoms with Crippen molar-refractivity contribution in [3.05, 3.63) is 60.2 Å². The summed E-state index contributed by atoms with van der Waals surface area (Å²) in [4.78, 5) is 42.8. The first kappa shape index (κ1) is 19.9. The van der Waals surface area contributed by atoms with Gasteiger partial charge in [-0.2, -0.15) is 0 Å². The number of carbonyl (C=O) groups excluding carboxylic acids is 3. The largest absolute Gasteiger partial charge is 0.468 e. The molecule has 2 aromatic rings. The monoisotopic (exact) mass is 418 g/mol. The second-order valence-corrected chi connectivity index (χ2v) is 8.74. The van der Waals surface area contributed by atoms with Crippen LogP contribution in [0.1, 0.15) is 30.9 Å². The quantitative estimate of drug-likeness (QED) is 0.566.